The lowest BCUT2D eigenvalue weighted by molar-refractivity contribution is -0.220. The van der Waals surface area contributed by atoms with Crippen molar-refractivity contribution in [3.05, 3.63) is 12.3 Å². The molecule has 0 spiro atoms. The maximum Gasteiger partial charge on any atom is 0.332 e. The van der Waals surface area contributed by atoms with Crippen LogP contribution in [0, 0.1) is 0 Å². The molecule has 2 rings (SSSR count). The van der Waals surface area contributed by atoms with Gasteiger partial charge >= 0.3 is 5.97 Å². The van der Waals surface area contributed by atoms with Crippen molar-refractivity contribution >= 4 is 38.5 Å². The normalized spacial score (nSPS) is 21.6. The molecule has 6 nitrogen and oxygen atoms in total. The van der Waals surface area contributed by atoms with Crippen molar-refractivity contribution in [2.24, 2.45) is 4.99 Å². The van der Waals surface area contributed by atoms with Gasteiger partial charge in [-0.25, -0.2) is 4.79 Å². The van der Waals surface area contributed by atoms with Gasteiger partial charge in [-0.2, -0.15) is 0 Å². The van der Waals surface area contributed by atoms with Crippen molar-refractivity contribution in [2.45, 2.75) is 44.8 Å². The minimum Gasteiger partial charge on any atom is -0.370 e. The van der Waals surface area contributed by atoms with E-state index >= 15 is 0 Å². The summed E-state index contributed by atoms with van der Waals surface area (Å²) in [6.07, 6.45) is 6.31. The van der Waals surface area contributed by atoms with Crippen LogP contribution in [0.1, 0.15) is 38.5 Å². The Morgan fingerprint density at radius 2 is 2.38 bits per heavy atom. The molecule has 0 radical (unpaired) electrons. The number of nitrogens with zero attached hydrogens (tertiary/aromatic N) is 2. The van der Waals surface area contributed by atoms with Crippen LogP contribution in [0.15, 0.2) is 17.3 Å². The van der Waals surface area contributed by atoms with Gasteiger partial charge < -0.3 is 9.94 Å². The average Bonchev–Trinajstić information content (AvgIpc) is 2.80. The Labute approximate surface area is 131 Å². The number of aliphatic imine (C=N–C) groups is 1. The first kappa shape index (κ1) is 16.4. The van der Waals surface area contributed by atoms with Gasteiger partial charge in [-0.15, -0.1) is 5.06 Å². The smallest absolute Gasteiger partial charge is 0.332 e. The molecule has 0 bridgehead atoms. The molecule has 0 aromatic rings. The van der Waals surface area contributed by atoms with E-state index in [1.54, 1.807) is 21.6 Å². The molecule has 0 aromatic heterocycles. The summed E-state index contributed by atoms with van der Waals surface area (Å²) in [7, 11) is 3.30. The van der Waals surface area contributed by atoms with E-state index in [-0.39, 0.29) is 18.7 Å². The quantitative estimate of drug-likeness (QED) is 0.594. The zero-order valence-corrected chi connectivity index (χ0v) is 13.2. The molecular weight excluding hydrogens is 312 g/mol. The molecule has 8 heteroatoms. The second kappa shape index (κ2) is 8.45. The van der Waals surface area contributed by atoms with E-state index in [2.05, 4.69) is 4.99 Å². The van der Waals surface area contributed by atoms with Crippen LogP contribution in [0.4, 0.5) is 0 Å². The van der Waals surface area contributed by atoms with E-state index in [4.69, 9.17) is 4.84 Å². The third kappa shape index (κ3) is 5.37. The summed E-state index contributed by atoms with van der Waals surface area (Å²) < 4.78 is 0. The summed E-state index contributed by atoms with van der Waals surface area (Å²) in [6, 6.07) is 0. The molecule has 1 fully saturated rings. The second-order valence-corrected chi connectivity index (χ2v) is 7.15. The molecule has 0 aliphatic carbocycles. The van der Waals surface area contributed by atoms with Crippen LogP contribution in [-0.2, 0) is 14.4 Å². The molecule has 1 saturated heterocycles. The number of aliphatic hydroxyl groups is 1. The Hall–Kier alpha value is -0.990. The molecule has 2 heterocycles. The van der Waals surface area contributed by atoms with Crippen LogP contribution < -0.4 is 0 Å². The highest BCUT2D eigenvalue weighted by Crippen LogP contribution is 2.28. The number of hydroxylamine groups is 2. The largest absolute Gasteiger partial charge is 0.370 e. The van der Waals surface area contributed by atoms with E-state index in [1.165, 1.54) is 0 Å². The second-order valence-electron chi connectivity index (χ2n) is 4.66. The number of carbonyl (C=O) groups is 2. The molecule has 1 atom stereocenters. The first-order valence-electron chi connectivity index (χ1n) is 6.89. The van der Waals surface area contributed by atoms with Crippen molar-refractivity contribution in [1.82, 2.24) is 5.06 Å². The van der Waals surface area contributed by atoms with Crippen LogP contribution >= 0.6 is 21.6 Å². The number of aliphatic hydroxyl groups excluding tert-OH is 1. The lowest BCUT2D eigenvalue weighted by atomic mass is 10.3. The molecule has 0 saturated carbocycles. The molecule has 21 heavy (non-hydrogen) atoms. The fourth-order valence-corrected chi connectivity index (χ4v) is 4.02. The minimum absolute atomic E-state index is 0.220. The first-order chi connectivity index (χ1) is 10.2. The lowest BCUT2D eigenvalue weighted by Gasteiger charge is -2.18. The number of amides is 1. The maximum atomic E-state index is 11.6. The van der Waals surface area contributed by atoms with Crippen molar-refractivity contribution < 1.29 is 19.5 Å². The van der Waals surface area contributed by atoms with Gasteiger partial charge in [0.1, 0.15) is 0 Å². The van der Waals surface area contributed by atoms with Crippen LogP contribution in [0.25, 0.3) is 0 Å². The average molecular weight is 330 g/mol. The Kier molecular flexibility index (Phi) is 6.59. The number of hydrogen-bond donors (Lipinski definition) is 1. The third-order valence-corrected chi connectivity index (χ3v) is 5.45. The molecular formula is C13H18N2O4S2. The van der Waals surface area contributed by atoms with E-state index < -0.39 is 12.2 Å². The molecule has 0 aromatic carbocycles. The van der Waals surface area contributed by atoms with Gasteiger partial charge in [-0.1, -0.05) is 16.9 Å². The number of rotatable bonds is 6. The van der Waals surface area contributed by atoms with Gasteiger partial charge in [0.05, 0.1) is 5.04 Å². The topological polar surface area (TPSA) is 79.2 Å². The van der Waals surface area contributed by atoms with Crippen LogP contribution in [0.2, 0.25) is 0 Å². The maximum absolute atomic E-state index is 11.6. The van der Waals surface area contributed by atoms with Crippen molar-refractivity contribution in [1.29, 1.82) is 0 Å². The summed E-state index contributed by atoms with van der Waals surface area (Å²) in [5.41, 5.74) is 0. The molecule has 2 aliphatic rings. The molecule has 116 valence electrons. The van der Waals surface area contributed by atoms with Gasteiger partial charge in [0.2, 0.25) is 0 Å². The van der Waals surface area contributed by atoms with E-state index in [1.807, 2.05) is 12.3 Å². The van der Waals surface area contributed by atoms with E-state index in [0.29, 0.717) is 12.8 Å². The summed E-state index contributed by atoms with van der Waals surface area (Å²) in [6.45, 7) is 0. The van der Waals surface area contributed by atoms with Crippen molar-refractivity contribution in [3.8, 4) is 0 Å². The molecule has 2 aliphatic heterocycles. The van der Waals surface area contributed by atoms with Gasteiger partial charge in [0, 0.05) is 37.6 Å². The fraction of sp³-hybridized carbons (Fsp3) is 0.615. The van der Waals surface area contributed by atoms with Crippen molar-refractivity contribution in [2.75, 3.05) is 5.75 Å². The zero-order valence-electron chi connectivity index (χ0n) is 11.6. The summed E-state index contributed by atoms with van der Waals surface area (Å²) in [5.74, 6) is -0.0177. The fourth-order valence-electron chi connectivity index (χ4n) is 1.84. The zero-order chi connectivity index (χ0) is 15.1. The number of carbonyl (C=O) groups excluding carboxylic acids is 2. The molecule has 0 unspecified atom stereocenters. The molecule has 1 N–H and O–H groups in total. The Bertz CT molecular complexity index is 453. The van der Waals surface area contributed by atoms with Gasteiger partial charge in [0.25, 0.3) is 5.91 Å². The van der Waals surface area contributed by atoms with Crippen LogP contribution in [0.3, 0.4) is 0 Å². The number of hydrogen-bond acceptors (Lipinski definition) is 7. The van der Waals surface area contributed by atoms with Crippen molar-refractivity contribution in [3.63, 3.8) is 0 Å². The predicted octanol–water partition coefficient (Wildman–Crippen LogP) is 2.25. The Morgan fingerprint density at radius 1 is 1.52 bits per heavy atom. The SMILES string of the molecule is O=C(CCCSSC1=NC=CCC1)ON1C(=O)CC[C@@H]1O. The van der Waals surface area contributed by atoms with E-state index in [9.17, 15) is 14.7 Å². The van der Waals surface area contributed by atoms with Gasteiger partial charge in [0.15, 0.2) is 6.23 Å². The van der Waals surface area contributed by atoms with Crippen LogP contribution in [-0.4, -0.2) is 39.1 Å². The highest BCUT2D eigenvalue weighted by molar-refractivity contribution is 8.82. The third-order valence-electron chi connectivity index (χ3n) is 2.95. The summed E-state index contributed by atoms with van der Waals surface area (Å²) >= 11 is 0. The van der Waals surface area contributed by atoms with Gasteiger partial charge in [-0.05, 0) is 23.6 Å². The highest BCUT2D eigenvalue weighted by Gasteiger charge is 2.32. The highest BCUT2D eigenvalue weighted by atomic mass is 33.1. The minimum atomic E-state index is -0.997. The first-order valence-corrected chi connectivity index (χ1v) is 9.21. The molecule has 1 amide bonds. The van der Waals surface area contributed by atoms with Crippen LogP contribution in [0.5, 0.6) is 0 Å². The lowest BCUT2D eigenvalue weighted by Crippen LogP contribution is -2.35. The standard InChI is InChI=1S/C13H18N2O4S2/c16-11-6-7-12(17)15(11)19-13(18)5-3-9-20-21-10-4-1-2-8-14-10/h2,8,11,16H,1,3-7,9H2/t11-/m0/s1. The van der Waals surface area contributed by atoms with E-state index in [0.717, 1.165) is 28.7 Å². The predicted molar refractivity (Wildman–Crippen MR) is 83.3 cm³/mol. The summed E-state index contributed by atoms with van der Waals surface area (Å²) in [4.78, 5) is 32.1. The Balaban J connectivity index is 1.56. The Morgan fingerprint density at radius 3 is 3.05 bits per heavy atom. The van der Waals surface area contributed by atoms with Gasteiger partial charge in [-0.3, -0.25) is 9.79 Å². The number of allylic oxidation sites excluding steroid dienone is 1. The summed E-state index contributed by atoms with van der Waals surface area (Å²) in [5, 5.41) is 11.4. The monoisotopic (exact) mass is 330 g/mol.